The standard InChI is InChI=1S/C13H20BrN3O/c1-8-6-5-7-9(2)17(8)13(18)12-11(14)10(3)15-16(12)4/h8-9H,5-7H2,1-4H3. The maximum absolute atomic E-state index is 12.7. The first-order chi connectivity index (χ1) is 8.43. The number of amides is 1. The van der Waals surface area contributed by atoms with Gasteiger partial charge in [0.15, 0.2) is 0 Å². The number of carbonyl (C=O) groups is 1. The molecule has 0 spiro atoms. The van der Waals surface area contributed by atoms with Gasteiger partial charge < -0.3 is 4.90 Å². The van der Waals surface area contributed by atoms with E-state index in [0.717, 1.165) is 23.0 Å². The molecule has 1 aromatic heterocycles. The smallest absolute Gasteiger partial charge is 0.273 e. The molecule has 1 aliphatic rings. The SMILES string of the molecule is Cc1nn(C)c(C(=O)N2C(C)CCCC2C)c1Br. The summed E-state index contributed by atoms with van der Waals surface area (Å²) < 4.78 is 2.50. The van der Waals surface area contributed by atoms with Crippen LogP contribution in [0, 0.1) is 6.92 Å². The highest BCUT2D eigenvalue weighted by atomic mass is 79.9. The molecule has 4 nitrogen and oxygen atoms in total. The van der Waals surface area contributed by atoms with Crippen molar-refractivity contribution < 1.29 is 4.79 Å². The van der Waals surface area contributed by atoms with E-state index in [0.29, 0.717) is 17.8 Å². The molecule has 0 N–H and O–H groups in total. The first-order valence-corrected chi connectivity index (χ1v) is 7.24. The number of hydrogen-bond donors (Lipinski definition) is 0. The van der Waals surface area contributed by atoms with Crippen LogP contribution in [0.1, 0.15) is 49.3 Å². The van der Waals surface area contributed by atoms with Gasteiger partial charge in [0.1, 0.15) is 5.69 Å². The third-order valence-electron chi connectivity index (χ3n) is 3.78. The van der Waals surface area contributed by atoms with E-state index in [1.165, 1.54) is 6.42 Å². The van der Waals surface area contributed by atoms with Crippen LogP contribution in [0.5, 0.6) is 0 Å². The summed E-state index contributed by atoms with van der Waals surface area (Å²) >= 11 is 3.48. The highest BCUT2D eigenvalue weighted by Gasteiger charge is 2.32. The van der Waals surface area contributed by atoms with Gasteiger partial charge in [0.2, 0.25) is 0 Å². The van der Waals surface area contributed by atoms with E-state index in [2.05, 4.69) is 34.9 Å². The molecule has 100 valence electrons. The van der Waals surface area contributed by atoms with Gasteiger partial charge in [-0.05, 0) is 56.0 Å². The highest BCUT2D eigenvalue weighted by molar-refractivity contribution is 9.10. The molecule has 0 aliphatic carbocycles. The van der Waals surface area contributed by atoms with E-state index < -0.39 is 0 Å². The summed E-state index contributed by atoms with van der Waals surface area (Å²) in [7, 11) is 1.82. The Morgan fingerprint density at radius 2 is 1.89 bits per heavy atom. The molecular formula is C13H20BrN3O. The van der Waals surface area contributed by atoms with E-state index in [4.69, 9.17) is 0 Å². The molecule has 1 aliphatic heterocycles. The molecule has 2 unspecified atom stereocenters. The minimum atomic E-state index is 0.0877. The van der Waals surface area contributed by atoms with E-state index in [1.807, 2.05) is 18.9 Å². The quantitative estimate of drug-likeness (QED) is 0.799. The van der Waals surface area contributed by atoms with Crippen LogP contribution in [0.4, 0.5) is 0 Å². The zero-order valence-corrected chi connectivity index (χ0v) is 13.0. The van der Waals surface area contributed by atoms with Crippen LogP contribution in [-0.4, -0.2) is 32.7 Å². The van der Waals surface area contributed by atoms with Crippen molar-refractivity contribution in [2.45, 2.75) is 52.1 Å². The molecule has 2 atom stereocenters. The minimum Gasteiger partial charge on any atom is -0.332 e. The lowest BCUT2D eigenvalue weighted by Crippen LogP contribution is -2.48. The monoisotopic (exact) mass is 313 g/mol. The van der Waals surface area contributed by atoms with Gasteiger partial charge in [-0.2, -0.15) is 5.10 Å². The molecule has 18 heavy (non-hydrogen) atoms. The summed E-state index contributed by atoms with van der Waals surface area (Å²) in [4.78, 5) is 14.7. The normalized spacial score (nSPS) is 24.4. The summed E-state index contributed by atoms with van der Waals surface area (Å²) in [6.07, 6.45) is 3.38. The Morgan fingerprint density at radius 3 is 2.33 bits per heavy atom. The zero-order valence-electron chi connectivity index (χ0n) is 11.4. The van der Waals surface area contributed by atoms with Crippen molar-refractivity contribution in [3.63, 3.8) is 0 Å². The Labute approximate surface area is 116 Å². The van der Waals surface area contributed by atoms with Gasteiger partial charge in [0, 0.05) is 19.1 Å². The summed E-state index contributed by atoms with van der Waals surface area (Å²) in [6, 6.07) is 0.617. The van der Waals surface area contributed by atoms with Crippen molar-refractivity contribution in [1.29, 1.82) is 0 Å². The number of aryl methyl sites for hydroxylation is 2. The Hall–Kier alpha value is -0.840. The van der Waals surface area contributed by atoms with Crippen LogP contribution in [0.15, 0.2) is 4.47 Å². The predicted octanol–water partition coefficient (Wildman–Crippen LogP) is 2.89. The Balaban J connectivity index is 2.35. The lowest BCUT2D eigenvalue weighted by atomic mass is 9.97. The summed E-state index contributed by atoms with van der Waals surface area (Å²) in [5.41, 5.74) is 1.52. The largest absolute Gasteiger partial charge is 0.332 e. The highest BCUT2D eigenvalue weighted by Crippen LogP contribution is 2.28. The fourth-order valence-corrected chi connectivity index (χ4v) is 3.31. The first-order valence-electron chi connectivity index (χ1n) is 6.45. The number of halogens is 1. The van der Waals surface area contributed by atoms with Crippen molar-refractivity contribution in [3.8, 4) is 0 Å². The summed E-state index contributed by atoms with van der Waals surface area (Å²) in [5.74, 6) is 0.0877. The van der Waals surface area contributed by atoms with E-state index in [-0.39, 0.29) is 5.91 Å². The number of likely N-dealkylation sites (tertiary alicyclic amines) is 1. The van der Waals surface area contributed by atoms with Gasteiger partial charge in [0.05, 0.1) is 10.2 Å². The third-order valence-corrected chi connectivity index (χ3v) is 4.73. The summed E-state index contributed by atoms with van der Waals surface area (Å²) in [5, 5.41) is 4.30. The van der Waals surface area contributed by atoms with Gasteiger partial charge in [0.25, 0.3) is 5.91 Å². The van der Waals surface area contributed by atoms with E-state index in [1.54, 1.807) is 4.68 Å². The molecule has 1 fully saturated rings. The predicted molar refractivity (Wildman–Crippen MR) is 74.6 cm³/mol. The molecule has 0 radical (unpaired) electrons. The van der Waals surface area contributed by atoms with Crippen LogP contribution in [-0.2, 0) is 7.05 Å². The molecule has 5 heteroatoms. The second-order valence-electron chi connectivity index (χ2n) is 5.21. The number of carbonyl (C=O) groups excluding carboxylic acids is 1. The molecule has 0 bridgehead atoms. The van der Waals surface area contributed by atoms with Crippen LogP contribution in [0.25, 0.3) is 0 Å². The Bertz CT molecular complexity index is 459. The third kappa shape index (κ3) is 2.20. The number of rotatable bonds is 1. The van der Waals surface area contributed by atoms with Gasteiger partial charge in [-0.25, -0.2) is 0 Å². The fraction of sp³-hybridized carbons (Fsp3) is 0.692. The van der Waals surface area contributed by atoms with Crippen LogP contribution in [0.3, 0.4) is 0 Å². The number of nitrogens with zero attached hydrogens (tertiary/aromatic N) is 3. The maximum atomic E-state index is 12.7. The lowest BCUT2D eigenvalue weighted by molar-refractivity contribution is 0.0498. The molecule has 1 aromatic rings. The van der Waals surface area contributed by atoms with Gasteiger partial charge in [-0.3, -0.25) is 9.48 Å². The van der Waals surface area contributed by atoms with Crippen LogP contribution in [0.2, 0.25) is 0 Å². The molecule has 1 saturated heterocycles. The minimum absolute atomic E-state index is 0.0877. The van der Waals surface area contributed by atoms with Crippen molar-refractivity contribution >= 4 is 21.8 Å². The number of piperidine rings is 1. The Kier molecular flexibility index (Phi) is 3.80. The van der Waals surface area contributed by atoms with Gasteiger partial charge in [-0.15, -0.1) is 0 Å². The Morgan fingerprint density at radius 1 is 1.33 bits per heavy atom. The topological polar surface area (TPSA) is 38.1 Å². The number of aromatic nitrogens is 2. The fourth-order valence-electron chi connectivity index (χ4n) is 2.81. The number of hydrogen-bond acceptors (Lipinski definition) is 2. The van der Waals surface area contributed by atoms with E-state index in [9.17, 15) is 4.79 Å². The second-order valence-corrected chi connectivity index (χ2v) is 6.01. The van der Waals surface area contributed by atoms with Gasteiger partial charge >= 0.3 is 0 Å². The average Bonchev–Trinajstić information content (AvgIpc) is 2.52. The summed E-state index contributed by atoms with van der Waals surface area (Å²) in [6.45, 7) is 6.17. The molecule has 1 amide bonds. The first kappa shape index (κ1) is 13.6. The van der Waals surface area contributed by atoms with Gasteiger partial charge in [-0.1, -0.05) is 0 Å². The van der Waals surface area contributed by atoms with Crippen LogP contribution >= 0.6 is 15.9 Å². The molecule has 2 heterocycles. The van der Waals surface area contributed by atoms with Crippen molar-refractivity contribution in [1.82, 2.24) is 14.7 Å². The van der Waals surface area contributed by atoms with Crippen LogP contribution < -0.4 is 0 Å². The zero-order chi connectivity index (χ0) is 13.4. The van der Waals surface area contributed by atoms with Crippen molar-refractivity contribution in [3.05, 3.63) is 15.9 Å². The lowest BCUT2D eigenvalue weighted by Gasteiger charge is -2.39. The molecule has 0 aromatic carbocycles. The van der Waals surface area contributed by atoms with Crippen molar-refractivity contribution in [2.24, 2.45) is 7.05 Å². The molecule has 2 rings (SSSR count). The second kappa shape index (κ2) is 5.03. The average molecular weight is 314 g/mol. The maximum Gasteiger partial charge on any atom is 0.273 e. The van der Waals surface area contributed by atoms with Crippen molar-refractivity contribution in [2.75, 3.05) is 0 Å². The molecule has 0 saturated carbocycles. The molecular weight excluding hydrogens is 294 g/mol. The van der Waals surface area contributed by atoms with E-state index >= 15 is 0 Å².